The van der Waals surface area contributed by atoms with Crippen LogP contribution in [0.4, 0.5) is 24.5 Å². The molecule has 0 saturated heterocycles. The van der Waals surface area contributed by atoms with E-state index in [1.165, 1.54) is 24.3 Å². The second kappa shape index (κ2) is 8.08. The van der Waals surface area contributed by atoms with Crippen LogP contribution in [0.5, 0.6) is 0 Å². The van der Waals surface area contributed by atoms with E-state index >= 15 is 0 Å². The van der Waals surface area contributed by atoms with Crippen molar-refractivity contribution in [3.05, 3.63) is 74.4 Å². The number of aliphatic hydroxyl groups excluding tert-OH is 1. The Morgan fingerprint density at radius 2 is 1.63 bits per heavy atom. The number of nitro groups is 1. The molecule has 1 N–H and O–H groups in total. The monoisotopic (exact) mass is 443 g/mol. The molecule has 0 spiro atoms. The van der Waals surface area contributed by atoms with Crippen LogP contribution in [0.1, 0.15) is 5.56 Å². The maximum atomic E-state index is 12.8. The van der Waals surface area contributed by atoms with E-state index < -0.39 is 28.3 Å². The minimum atomic E-state index is -5.28. The van der Waals surface area contributed by atoms with E-state index in [4.69, 9.17) is 0 Å². The molecule has 0 aliphatic rings. The highest BCUT2D eigenvalue weighted by atomic mass is 79.9. The number of alkyl halides is 3. The first kappa shape index (κ1) is 20.2. The van der Waals surface area contributed by atoms with Crippen LogP contribution in [0.2, 0.25) is 0 Å². The van der Waals surface area contributed by atoms with Gasteiger partial charge in [0.05, 0.1) is 10.6 Å². The number of hydrogen-bond acceptors (Lipinski definition) is 6. The summed E-state index contributed by atoms with van der Waals surface area (Å²) in [5, 5.41) is 27.4. The summed E-state index contributed by atoms with van der Waals surface area (Å²) in [6, 6.07) is 9.87. The summed E-state index contributed by atoms with van der Waals surface area (Å²) in [5.74, 6) is -3.39. The van der Waals surface area contributed by atoms with Crippen molar-refractivity contribution < 1.29 is 28.0 Å². The highest BCUT2D eigenvalue weighted by molar-refractivity contribution is 9.10. The molecule has 11 heteroatoms. The van der Waals surface area contributed by atoms with E-state index in [0.717, 1.165) is 24.3 Å². The lowest BCUT2D eigenvalue weighted by Crippen LogP contribution is -2.24. The maximum Gasteiger partial charge on any atom is 0.456 e. The molecule has 0 aromatic heterocycles. The molecule has 0 heterocycles. The van der Waals surface area contributed by atoms with Gasteiger partial charge < -0.3 is 5.11 Å². The number of azo groups is 1. The molecule has 2 aromatic rings. The summed E-state index contributed by atoms with van der Waals surface area (Å²) in [5.41, 5.74) is -1.68. The highest BCUT2D eigenvalue weighted by Crippen LogP contribution is 2.28. The number of aliphatic hydroxyl groups is 1. The summed E-state index contributed by atoms with van der Waals surface area (Å²) in [6.07, 6.45) is -5.28. The number of non-ortho nitro benzene ring substituents is 1. The minimum absolute atomic E-state index is 0.0447. The molecule has 0 unspecified atom stereocenters. The van der Waals surface area contributed by atoms with Crippen LogP contribution in [-0.2, 0) is 4.79 Å². The van der Waals surface area contributed by atoms with Crippen LogP contribution in [0.15, 0.2) is 68.9 Å². The lowest BCUT2D eigenvalue weighted by molar-refractivity contribution is -0.384. The molecule has 0 radical (unpaired) electrons. The number of carbonyl (C=O) groups excluding carboxylic acids is 1. The van der Waals surface area contributed by atoms with E-state index in [0.29, 0.717) is 4.47 Å². The Kier molecular flexibility index (Phi) is 6.05. The average molecular weight is 444 g/mol. The van der Waals surface area contributed by atoms with Crippen molar-refractivity contribution in [2.75, 3.05) is 0 Å². The SMILES string of the molecule is O=C(C(N=Nc1ccc([N+](=O)[O-])cc1)=C(O)c1ccc(Br)cc1)C(F)(F)F. The van der Waals surface area contributed by atoms with Crippen molar-refractivity contribution in [1.82, 2.24) is 0 Å². The Hall–Kier alpha value is -3.08. The molecule has 0 fully saturated rings. The molecular weight excluding hydrogens is 435 g/mol. The van der Waals surface area contributed by atoms with Crippen LogP contribution in [0.3, 0.4) is 0 Å². The second-order valence-electron chi connectivity index (χ2n) is 5.00. The molecule has 27 heavy (non-hydrogen) atoms. The lowest BCUT2D eigenvalue weighted by atomic mass is 10.1. The molecule has 0 atom stereocenters. The smallest absolute Gasteiger partial charge is 0.456 e. The third-order valence-corrected chi connectivity index (χ3v) is 3.67. The summed E-state index contributed by atoms with van der Waals surface area (Å²) in [6.45, 7) is 0. The highest BCUT2D eigenvalue weighted by Gasteiger charge is 2.43. The number of nitrogens with zero attached hydrogens (tertiary/aromatic N) is 3. The Labute approximate surface area is 158 Å². The van der Waals surface area contributed by atoms with Crippen LogP contribution in [-0.4, -0.2) is 22.0 Å². The Morgan fingerprint density at radius 3 is 2.11 bits per heavy atom. The Bertz CT molecular complexity index is 923. The number of Topliss-reactive ketones (excluding diaryl/α,β-unsaturated/α-hetero) is 1. The number of nitro benzene ring substituents is 1. The number of rotatable bonds is 5. The minimum Gasteiger partial charge on any atom is -0.505 e. The standard InChI is InChI=1S/C16H9BrF3N3O4/c17-10-3-1-9(2-4-10)14(24)13(15(25)16(18,19)20)22-21-11-5-7-12(8-6-11)23(26)27/h1-8,24H. The van der Waals surface area contributed by atoms with Crippen LogP contribution in [0, 0.1) is 10.1 Å². The molecule has 140 valence electrons. The zero-order chi connectivity index (χ0) is 20.2. The first-order valence-corrected chi connectivity index (χ1v) is 7.86. The van der Waals surface area contributed by atoms with Crippen molar-refractivity contribution in [3.8, 4) is 0 Å². The zero-order valence-corrected chi connectivity index (χ0v) is 14.7. The van der Waals surface area contributed by atoms with Crippen molar-refractivity contribution in [1.29, 1.82) is 0 Å². The van der Waals surface area contributed by atoms with Crippen LogP contribution in [0.25, 0.3) is 5.76 Å². The van der Waals surface area contributed by atoms with Crippen LogP contribution >= 0.6 is 15.9 Å². The van der Waals surface area contributed by atoms with Crippen molar-refractivity contribution >= 4 is 38.8 Å². The Morgan fingerprint density at radius 1 is 1.07 bits per heavy atom. The van der Waals surface area contributed by atoms with Gasteiger partial charge in [0.15, 0.2) is 11.5 Å². The van der Waals surface area contributed by atoms with Gasteiger partial charge in [0, 0.05) is 22.2 Å². The van der Waals surface area contributed by atoms with Crippen molar-refractivity contribution in [3.63, 3.8) is 0 Å². The van der Waals surface area contributed by atoms with E-state index in [2.05, 4.69) is 26.2 Å². The van der Waals surface area contributed by atoms with Gasteiger partial charge in [-0.15, -0.1) is 5.11 Å². The molecule has 7 nitrogen and oxygen atoms in total. The van der Waals surface area contributed by atoms with Gasteiger partial charge in [-0.3, -0.25) is 14.9 Å². The van der Waals surface area contributed by atoms with Gasteiger partial charge in [-0.2, -0.15) is 18.3 Å². The third kappa shape index (κ3) is 5.20. The topological polar surface area (TPSA) is 105 Å². The first-order chi connectivity index (χ1) is 12.6. The quantitative estimate of drug-likeness (QED) is 0.216. The number of allylic oxidation sites excluding steroid dienone is 1. The van der Waals surface area contributed by atoms with Gasteiger partial charge in [-0.25, -0.2) is 0 Å². The molecule has 2 rings (SSSR count). The fourth-order valence-electron chi connectivity index (χ4n) is 1.83. The van der Waals surface area contributed by atoms with Gasteiger partial charge in [-0.1, -0.05) is 28.1 Å². The predicted molar refractivity (Wildman–Crippen MR) is 92.4 cm³/mol. The molecule has 0 bridgehead atoms. The van der Waals surface area contributed by atoms with E-state index in [9.17, 15) is 33.2 Å². The molecule has 0 saturated carbocycles. The normalized spacial score (nSPS) is 12.7. The molecule has 2 aromatic carbocycles. The van der Waals surface area contributed by atoms with Crippen molar-refractivity contribution in [2.45, 2.75) is 6.18 Å². The molecule has 0 aliphatic heterocycles. The summed E-state index contributed by atoms with van der Waals surface area (Å²) >= 11 is 3.14. The summed E-state index contributed by atoms with van der Waals surface area (Å²) < 4.78 is 39.1. The zero-order valence-electron chi connectivity index (χ0n) is 13.1. The second-order valence-corrected chi connectivity index (χ2v) is 5.92. The third-order valence-electron chi connectivity index (χ3n) is 3.14. The van der Waals surface area contributed by atoms with E-state index in [1.54, 1.807) is 0 Å². The van der Waals surface area contributed by atoms with Gasteiger partial charge in [0.2, 0.25) is 0 Å². The molecular formula is C16H9BrF3N3O4. The summed E-state index contributed by atoms with van der Waals surface area (Å²) in [7, 11) is 0. The predicted octanol–water partition coefficient (Wildman–Crippen LogP) is 5.50. The van der Waals surface area contributed by atoms with E-state index in [1.807, 2.05) is 0 Å². The fraction of sp³-hybridized carbons (Fsp3) is 0.0625. The van der Waals surface area contributed by atoms with E-state index in [-0.39, 0.29) is 16.9 Å². The van der Waals surface area contributed by atoms with Gasteiger partial charge in [0.25, 0.3) is 11.5 Å². The average Bonchev–Trinajstić information content (AvgIpc) is 2.61. The van der Waals surface area contributed by atoms with Gasteiger partial charge in [0.1, 0.15) is 0 Å². The number of carbonyl (C=O) groups is 1. The number of benzene rings is 2. The maximum absolute atomic E-state index is 12.8. The number of ketones is 1. The lowest BCUT2D eigenvalue weighted by Gasteiger charge is -2.08. The molecule has 0 amide bonds. The van der Waals surface area contributed by atoms with Gasteiger partial charge >= 0.3 is 6.18 Å². The largest absolute Gasteiger partial charge is 0.505 e. The Balaban J connectivity index is 2.46. The fourth-order valence-corrected chi connectivity index (χ4v) is 2.09. The van der Waals surface area contributed by atoms with Crippen LogP contribution < -0.4 is 0 Å². The number of hydrogen-bond donors (Lipinski definition) is 1. The van der Waals surface area contributed by atoms with Gasteiger partial charge in [-0.05, 0) is 24.3 Å². The number of halogens is 4. The molecule has 0 aliphatic carbocycles. The summed E-state index contributed by atoms with van der Waals surface area (Å²) in [4.78, 5) is 21.5. The first-order valence-electron chi connectivity index (χ1n) is 7.06. The van der Waals surface area contributed by atoms with Crippen molar-refractivity contribution in [2.24, 2.45) is 10.2 Å².